The molecule has 1 aliphatic rings. The maximum absolute atomic E-state index is 12.5. The minimum atomic E-state index is -0.356. The highest BCUT2D eigenvalue weighted by atomic mass is 32.2. The molecule has 3 nitrogen and oxygen atoms in total. The highest BCUT2D eigenvalue weighted by molar-refractivity contribution is 8.01. The number of benzene rings is 1. The Morgan fingerprint density at radius 3 is 2.58 bits per heavy atom. The van der Waals surface area contributed by atoms with E-state index in [1.54, 1.807) is 11.8 Å². The first kappa shape index (κ1) is 14.4. The van der Waals surface area contributed by atoms with Crippen molar-refractivity contribution in [3.05, 3.63) is 30.3 Å². The summed E-state index contributed by atoms with van der Waals surface area (Å²) in [5.41, 5.74) is 0. The molecular weight excluding hydrogens is 258 g/mol. The van der Waals surface area contributed by atoms with Gasteiger partial charge in [0, 0.05) is 10.9 Å². The number of amides is 1. The third-order valence-electron chi connectivity index (χ3n) is 3.53. The Hall–Kier alpha value is -1.00. The van der Waals surface area contributed by atoms with Crippen molar-refractivity contribution < 1.29 is 9.90 Å². The van der Waals surface area contributed by atoms with Crippen LogP contribution in [0.5, 0.6) is 0 Å². The fraction of sp³-hybridized carbons (Fsp3) is 0.533. The molecule has 0 aromatic heterocycles. The minimum absolute atomic E-state index is 0.0160. The van der Waals surface area contributed by atoms with Gasteiger partial charge >= 0.3 is 0 Å². The van der Waals surface area contributed by atoms with E-state index in [9.17, 15) is 4.79 Å². The van der Waals surface area contributed by atoms with Gasteiger partial charge in [0.15, 0.2) is 0 Å². The van der Waals surface area contributed by atoms with E-state index in [2.05, 4.69) is 5.32 Å². The molecule has 1 atom stereocenters. The summed E-state index contributed by atoms with van der Waals surface area (Å²) in [7, 11) is 0. The molecule has 0 heterocycles. The topological polar surface area (TPSA) is 49.3 Å². The van der Waals surface area contributed by atoms with Crippen LogP contribution in [0.25, 0.3) is 0 Å². The zero-order valence-electron chi connectivity index (χ0n) is 11.3. The quantitative estimate of drug-likeness (QED) is 0.871. The Bertz CT molecular complexity index is 415. The van der Waals surface area contributed by atoms with E-state index in [0.29, 0.717) is 0 Å². The van der Waals surface area contributed by atoms with Crippen molar-refractivity contribution in [3.8, 4) is 0 Å². The molecule has 1 aromatic carbocycles. The number of aliphatic hydroxyl groups excluding tert-OH is 1. The number of rotatable bonds is 5. The molecule has 0 radical (unpaired) electrons. The van der Waals surface area contributed by atoms with Gasteiger partial charge in [0.2, 0.25) is 5.91 Å². The van der Waals surface area contributed by atoms with Gasteiger partial charge in [-0.1, -0.05) is 31.0 Å². The van der Waals surface area contributed by atoms with Crippen LogP contribution in [-0.2, 0) is 4.79 Å². The van der Waals surface area contributed by atoms with Crippen molar-refractivity contribution in [1.82, 2.24) is 5.32 Å². The van der Waals surface area contributed by atoms with Crippen LogP contribution in [0.1, 0.15) is 32.6 Å². The number of nitrogens with one attached hydrogen (secondary N) is 1. The molecule has 0 saturated heterocycles. The zero-order chi connectivity index (χ0) is 13.7. The summed E-state index contributed by atoms with van der Waals surface area (Å²) >= 11 is 1.67. The Morgan fingerprint density at radius 1 is 1.37 bits per heavy atom. The average molecular weight is 279 g/mol. The Morgan fingerprint density at radius 2 is 2.00 bits per heavy atom. The molecule has 1 aliphatic carbocycles. The van der Waals surface area contributed by atoms with Crippen LogP contribution in [0.4, 0.5) is 0 Å². The van der Waals surface area contributed by atoms with Crippen LogP contribution in [0.3, 0.4) is 0 Å². The second kappa shape index (κ2) is 6.44. The van der Waals surface area contributed by atoms with Crippen LogP contribution >= 0.6 is 11.8 Å². The van der Waals surface area contributed by atoms with Gasteiger partial charge in [0.25, 0.3) is 0 Å². The normalized spacial score (nSPS) is 19.1. The Balaban J connectivity index is 2.11. The van der Waals surface area contributed by atoms with Crippen LogP contribution in [0.2, 0.25) is 0 Å². The van der Waals surface area contributed by atoms with Gasteiger partial charge in [-0.25, -0.2) is 0 Å². The summed E-state index contributed by atoms with van der Waals surface area (Å²) in [5.74, 6) is 0.0698. The number of aliphatic hydroxyl groups is 1. The maximum atomic E-state index is 12.5. The van der Waals surface area contributed by atoms with Crippen LogP contribution < -0.4 is 5.32 Å². The average Bonchev–Trinajstić information content (AvgIpc) is 2.89. The van der Waals surface area contributed by atoms with E-state index in [1.165, 1.54) is 0 Å². The lowest BCUT2D eigenvalue weighted by Gasteiger charge is -2.28. The molecular formula is C15H21NO2S. The van der Waals surface area contributed by atoms with Crippen LogP contribution in [0, 0.1) is 0 Å². The summed E-state index contributed by atoms with van der Waals surface area (Å²) in [5, 5.41) is 12.0. The molecule has 4 heteroatoms. The largest absolute Gasteiger partial charge is 0.394 e. The fourth-order valence-corrected chi connectivity index (χ4v) is 3.83. The molecule has 1 aromatic rings. The van der Waals surface area contributed by atoms with Gasteiger partial charge in [-0.05, 0) is 31.9 Å². The third kappa shape index (κ3) is 3.51. The summed E-state index contributed by atoms with van der Waals surface area (Å²) in [4.78, 5) is 13.6. The second-order valence-corrected chi connectivity index (χ2v) is 6.63. The van der Waals surface area contributed by atoms with Gasteiger partial charge in [0.1, 0.15) is 0 Å². The van der Waals surface area contributed by atoms with Crippen LogP contribution in [-0.4, -0.2) is 28.4 Å². The first-order valence-corrected chi connectivity index (χ1v) is 7.64. The Labute approximate surface area is 118 Å². The third-order valence-corrected chi connectivity index (χ3v) is 5.03. The first-order chi connectivity index (χ1) is 9.16. The van der Waals surface area contributed by atoms with Crippen molar-refractivity contribution >= 4 is 17.7 Å². The van der Waals surface area contributed by atoms with Crippen molar-refractivity contribution in [2.45, 2.75) is 48.3 Å². The molecule has 2 N–H and O–H groups in total. The van der Waals surface area contributed by atoms with Crippen molar-refractivity contribution in [3.63, 3.8) is 0 Å². The number of hydrogen-bond acceptors (Lipinski definition) is 3. The second-order valence-electron chi connectivity index (χ2n) is 5.17. The highest BCUT2D eigenvalue weighted by Gasteiger charge is 2.42. The minimum Gasteiger partial charge on any atom is -0.394 e. The van der Waals surface area contributed by atoms with E-state index in [4.69, 9.17) is 5.11 Å². The molecule has 1 unspecified atom stereocenters. The lowest BCUT2D eigenvalue weighted by Crippen LogP contribution is -2.47. The van der Waals surface area contributed by atoms with E-state index in [-0.39, 0.29) is 23.3 Å². The standard InChI is InChI=1S/C15H21NO2S/c1-12(11-17)16-14(18)15(9-5-6-10-15)19-13-7-3-2-4-8-13/h2-4,7-8,12,17H,5-6,9-11H2,1H3,(H,16,18). The van der Waals surface area contributed by atoms with Crippen molar-refractivity contribution in [1.29, 1.82) is 0 Å². The molecule has 104 valence electrons. The fourth-order valence-electron chi connectivity index (χ4n) is 2.44. The summed E-state index contributed by atoms with van der Waals surface area (Å²) in [6.07, 6.45) is 4.02. The molecule has 1 amide bonds. The highest BCUT2D eigenvalue weighted by Crippen LogP contribution is 2.45. The lowest BCUT2D eigenvalue weighted by atomic mass is 10.1. The van der Waals surface area contributed by atoms with Crippen molar-refractivity contribution in [2.24, 2.45) is 0 Å². The molecule has 0 spiro atoms. The molecule has 19 heavy (non-hydrogen) atoms. The Kier molecular flexibility index (Phi) is 4.88. The lowest BCUT2D eigenvalue weighted by molar-refractivity contribution is -0.124. The SMILES string of the molecule is CC(CO)NC(=O)C1(Sc2ccccc2)CCCC1. The monoisotopic (exact) mass is 279 g/mol. The van der Waals surface area contributed by atoms with E-state index in [0.717, 1.165) is 30.6 Å². The van der Waals surface area contributed by atoms with E-state index in [1.807, 2.05) is 37.3 Å². The van der Waals surface area contributed by atoms with Gasteiger partial charge in [-0.2, -0.15) is 0 Å². The molecule has 0 bridgehead atoms. The van der Waals surface area contributed by atoms with Gasteiger partial charge < -0.3 is 10.4 Å². The number of thioether (sulfide) groups is 1. The van der Waals surface area contributed by atoms with E-state index >= 15 is 0 Å². The van der Waals surface area contributed by atoms with E-state index < -0.39 is 0 Å². The summed E-state index contributed by atoms with van der Waals surface area (Å²) < 4.78 is -0.356. The van der Waals surface area contributed by atoms with Gasteiger partial charge in [-0.3, -0.25) is 4.79 Å². The summed E-state index contributed by atoms with van der Waals surface area (Å²) in [6.45, 7) is 1.81. The summed E-state index contributed by atoms with van der Waals surface area (Å²) in [6, 6.07) is 9.90. The number of carbonyl (C=O) groups excluding carboxylic acids is 1. The van der Waals surface area contributed by atoms with Gasteiger partial charge in [0.05, 0.1) is 11.4 Å². The first-order valence-electron chi connectivity index (χ1n) is 6.82. The molecule has 0 aliphatic heterocycles. The number of hydrogen-bond donors (Lipinski definition) is 2. The number of carbonyl (C=O) groups is 1. The predicted molar refractivity (Wildman–Crippen MR) is 78.2 cm³/mol. The molecule has 1 saturated carbocycles. The van der Waals surface area contributed by atoms with Crippen LogP contribution in [0.15, 0.2) is 35.2 Å². The van der Waals surface area contributed by atoms with Gasteiger partial charge in [-0.15, -0.1) is 11.8 Å². The zero-order valence-corrected chi connectivity index (χ0v) is 12.1. The molecule has 2 rings (SSSR count). The van der Waals surface area contributed by atoms with Crippen molar-refractivity contribution in [2.75, 3.05) is 6.61 Å². The predicted octanol–water partition coefficient (Wildman–Crippen LogP) is 2.59. The smallest absolute Gasteiger partial charge is 0.236 e. The molecule has 1 fully saturated rings. The maximum Gasteiger partial charge on any atom is 0.236 e.